The summed E-state index contributed by atoms with van der Waals surface area (Å²) >= 11 is 25.4. The average molecular weight is 825 g/mol. The van der Waals surface area contributed by atoms with Crippen molar-refractivity contribution in [1.82, 2.24) is 17.9 Å². The number of hydrogen-bond acceptors (Lipinski definition) is 9. The number of nitrogens with one attached hydrogen (secondary N) is 2. The van der Waals surface area contributed by atoms with Gasteiger partial charge in [0.05, 0.1) is 13.1 Å². The van der Waals surface area contributed by atoms with Gasteiger partial charge in [0.2, 0.25) is 10.3 Å². The van der Waals surface area contributed by atoms with E-state index < -0.39 is 11.4 Å². The number of rotatable bonds is 8. The molecule has 11 nitrogen and oxygen atoms in total. The fraction of sp³-hybridized carbons (Fsp3) is 0.0625. The van der Waals surface area contributed by atoms with Gasteiger partial charge >= 0.3 is 70.5 Å². The van der Waals surface area contributed by atoms with E-state index in [4.69, 9.17) is 46.4 Å². The van der Waals surface area contributed by atoms with Gasteiger partial charge in [-0.25, -0.2) is 17.5 Å². The van der Waals surface area contributed by atoms with Gasteiger partial charge in [-0.1, -0.05) is 70.7 Å². The van der Waals surface area contributed by atoms with Gasteiger partial charge in [0, 0.05) is 31.2 Å². The van der Waals surface area contributed by atoms with Crippen LogP contribution in [0.25, 0.3) is 0 Å². The molecule has 0 aliphatic carbocycles. The van der Waals surface area contributed by atoms with Crippen LogP contribution in [0.1, 0.15) is 33.3 Å². The molecule has 6 aromatic rings. The molecule has 0 fully saturated rings. The normalized spacial score (nSPS) is 9.96. The van der Waals surface area contributed by atoms with E-state index in [1.165, 1.54) is 7.91 Å². The summed E-state index contributed by atoms with van der Waals surface area (Å²) in [5.74, 6) is -0.696. The number of benzene rings is 4. The smallest absolute Gasteiger partial charge is 1.00 e. The maximum Gasteiger partial charge on any atom is 1.00 e. The minimum Gasteiger partial charge on any atom is -1.00 e. The topological polar surface area (TPSA) is 158 Å². The van der Waals surface area contributed by atoms with Gasteiger partial charge in [-0.15, -0.1) is 0 Å². The molecule has 0 saturated carbocycles. The van der Waals surface area contributed by atoms with Gasteiger partial charge in [-0.2, -0.15) is 9.97 Å². The summed E-state index contributed by atoms with van der Waals surface area (Å²) < 4.78 is 2.92. The third-order valence-corrected chi connectivity index (χ3v) is 9.10. The molecule has 6 rings (SSSR count). The summed E-state index contributed by atoms with van der Waals surface area (Å²) in [6, 6.07) is 27.3. The van der Waals surface area contributed by atoms with Gasteiger partial charge in [-0.3, -0.25) is 20.2 Å². The number of anilines is 2. The minimum atomic E-state index is -0.415. The molecule has 0 unspecified atom stereocenters. The van der Waals surface area contributed by atoms with Crippen LogP contribution in [-0.4, -0.2) is 35.2 Å². The second-order valence-electron chi connectivity index (χ2n) is 9.83. The predicted molar refractivity (Wildman–Crippen MR) is 196 cm³/mol. The van der Waals surface area contributed by atoms with Crippen molar-refractivity contribution in [2.24, 2.45) is 0 Å². The maximum atomic E-state index is 12.1. The van der Waals surface area contributed by atoms with Crippen LogP contribution in [0, 0.1) is 0 Å². The van der Waals surface area contributed by atoms with Crippen molar-refractivity contribution in [3.63, 3.8) is 0 Å². The van der Waals surface area contributed by atoms with E-state index in [9.17, 15) is 19.2 Å². The molecule has 0 aliphatic rings. The van der Waals surface area contributed by atoms with E-state index in [0.717, 1.165) is 34.2 Å². The van der Waals surface area contributed by atoms with Gasteiger partial charge in [-0.05, 0) is 107 Å². The van der Waals surface area contributed by atoms with Crippen LogP contribution >= 0.6 is 69.5 Å². The van der Waals surface area contributed by atoms with E-state index in [2.05, 4.69) is 20.6 Å². The summed E-state index contributed by atoms with van der Waals surface area (Å²) in [7, 11) is 0. The third kappa shape index (κ3) is 13.5. The van der Waals surface area contributed by atoms with E-state index in [1.807, 2.05) is 24.3 Å². The summed E-state index contributed by atoms with van der Waals surface area (Å²) in [4.78, 5) is 55.8. The largest absolute Gasteiger partial charge is 1.00 e. The quantitative estimate of drug-likeness (QED) is 0.222. The molecular weight excluding hydrogens is 800 g/mol. The number of carbonyl (C=O) groups excluding carboxylic acids is 2. The molecule has 51 heavy (non-hydrogen) atoms. The van der Waals surface area contributed by atoms with E-state index in [-0.39, 0.29) is 88.1 Å². The molecule has 0 aliphatic heterocycles. The van der Waals surface area contributed by atoms with E-state index in [0.29, 0.717) is 44.3 Å². The summed E-state index contributed by atoms with van der Waals surface area (Å²) in [5, 5.41) is 8.07. The van der Waals surface area contributed by atoms with Gasteiger partial charge < -0.3 is 6.90 Å². The molecule has 254 valence electrons. The number of halogens is 4. The van der Waals surface area contributed by atoms with Crippen molar-refractivity contribution >= 4 is 91.5 Å². The molecule has 2 heterocycles. The third-order valence-electron chi connectivity index (χ3n) is 6.35. The van der Waals surface area contributed by atoms with Crippen LogP contribution < -0.4 is 81.1 Å². The SMILES string of the molecule is O=C(Nc1nc(=O)n(Cc2ccc(Cl)cc2)s1)c1ccc(Cl)cc1.O=C(Nc1nc(=O)n(Cc2ccc(Cl)cc2)s1)c1ccc(Cl)cc1.[H-].[Na+].[Na+].[OH-]. The first-order valence-electron chi connectivity index (χ1n) is 13.8. The first-order chi connectivity index (χ1) is 23.0. The Morgan fingerprint density at radius 1 is 0.549 bits per heavy atom. The molecule has 0 spiro atoms. The molecule has 0 atom stereocenters. The Bertz CT molecular complexity index is 2010. The Labute approximate surface area is 365 Å². The summed E-state index contributed by atoms with van der Waals surface area (Å²) in [6.07, 6.45) is 0. The zero-order valence-corrected chi connectivity index (χ0v) is 35.5. The fourth-order valence-corrected chi connectivity index (χ4v) is 6.07. The van der Waals surface area contributed by atoms with Crippen LogP contribution in [-0.2, 0) is 13.1 Å². The van der Waals surface area contributed by atoms with Crippen LogP contribution in [0.4, 0.5) is 10.3 Å². The Hall–Kier alpha value is -2.34. The van der Waals surface area contributed by atoms with Gasteiger partial charge in [0.1, 0.15) is 0 Å². The number of amides is 2. The first-order valence-corrected chi connectivity index (χ1v) is 16.9. The Morgan fingerprint density at radius 3 is 1.12 bits per heavy atom. The standard InChI is InChI=1S/2C16H11Cl2N3O2S.2Na.H2O.H/c2*17-12-5-1-10(2-6-12)9-21-16(23)20-15(24-21)19-14(22)11-3-7-13(18)8-4-11;;;;/h2*1-8H,9H2,(H,19,20,22,23);;;1H2;/q;;2*+1;;-1/p-1. The van der Waals surface area contributed by atoms with Gasteiger partial charge in [0.15, 0.2) is 0 Å². The molecule has 0 bridgehead atoms. The van der Waals surface area contributed by atoms with Crippen molar-refractivity contribution in [1.29, 1.82) is 0 Å². The molecular formula is C32H24Cl4N6Na2O5S2. The van der Waals surface area contributed by atoms with Crippen LogP contribution in [0.15, 0.2) is 107 Å². The summed E-state index contributed by atoms with van der Waals surface area (Å²) in [6.45, 7) is 0.731. The fourth-order valence-electron chi connectivity index (χ4n) is 3.97. The number of hydrogen-bond donors (Lipinski definition) is 2. The Morgan fingerprint density at radius 2 is 0.824 bits per heavy atom. The predicted octanol–water partition coefficient (Wildman–Crippen LogP) is 1.77. The van der Waals surface area contributed by atoms with Crippen molar-refractivity contribution in [2.75, 3.05) is 10.6 Å². The minimum absolute atomic E-state index is 0. The number of aromatic nitrogens is 4. The van der Waals surface area contributed by atoms with Crippen molar-refractivity contribution < 1.29 is 75.6 Å². The van der Waals surface area contributed by atoms with Crippen molar-refractivity contribution in [2.45, 2.75) is 13.1 Å². The van der Waals surface area contributed by atoms with Crippen molar-refractivity contribution in [3.8, 4) is 0 Å². The zero-order valence-electron chi connectivity index (χ0n) is 27.8. The summed E-state index contributed by atoms with van der Waals surface area (Å²) in [5.41, 5.74) is 1.88. The molecule has 0 saturated heterocycles. The Balaban J connectivity index is 0.000000483. The molecule has 0 radical (unpaired) electrons. The molecule has 19 heteroatoms. The van der Waals surface area contributed by atoms with Crippen molar-refractivity contribution in [3.05, 3.63) is 160 Å². The Kier molecular flexibility index (Phi) is 18.8. The van der Waals surface area contributed by atoms with E-state index >= 15 is 0 Å². The monoisotopic (exact) mass is 822 g/mol. The van der Waals surface area contributed by atoms with E-state index in [1.54, 1.807) is 72.8 Å². The first kappa shape index (κ1) is 44.8. The average Bonchev–Trinajstić information content (AvgIpc) is 3.59. The molecule has 2 amide bonds. The maximum absolute atomic E-state index is 12.1. The molecule has 3 N–H and O–H groups in total. The number of carbonyl (C=O) groups is 2. The molecule has 2 aromatic heterocycles. The zero-order chi connectivity index (χ0) is 34.2. The molecule has 4 aromatic carbocycles. The van der Waals surface area contributed by atoms with Crippen LogP contribution in [0.5, 0.6) is 0 Å². The van der Waals surface area contributed by atoms with Gasteiger partial charge in [0.25, 0.3) is 11.8 Å². The second kappa shape index (κ2) is 21.4. The van der Waals surface area contributed by atoms with Crippen LogP contribution in [0.3, 0.4) is 0 Å². The van der Waals surface area contributed by atoms with Crippen LogP contribution in [0.2, 0.25) is 20.1 Å². The second-order valence-corrected chi connectivity index (χ2v) is 13.6. The number of nitrogens with zero attached hydrogens (tertiary/aromatic N) is 4.